The van der Waals surface area contributed by atoms with Crippen LogP contribution in [0, 0.1) is 24.6 Å². The molecule has 1 aliphatic carbocycles. The van der Waals surface area contributed by atoms with Gasteiger partial charge in [0.15, 0.2) is 0 Å². The molecule has 1 saturated carbocycles. The Labute approximate surface area is 179 Å². The Morgan fingerprint density at radius 3 is 2.90 bits per heavy atom. The molecule has 158 valence electrons. The lowest BCUT2D eigenvalue weighted by Crippen LogP contribution is -2.43. The van der Waals surface area contributed by atoms with Crippen LogP contribution in [-0.2, 0) is 6.54 Å². The van der Waals surface area contributed by atoms with Crippen molar-refractivity contribution in [2.24, 2.45) is 11.8 Å². The van der Waals surface area contributed by atoms with Crippen LogP contribution in [0.4, 0.5) is 4.39 Å². The molecule has 3 aromatic rings. The summed E-state index contributed by atoms with van der Waals surface area (Å²) in [6, 6.07) is 6.32. The number of aryl methyl sites for hydroxylation is 1. The molecule has 3 unspecified atom stereocenters. The molecule has 2 heterocycles. The maximum atomic E-state index is 13.5. The number of halogens is 1. The van der Waals surface area contributed by atoms with Gasteiger partial charge in [0, 0.05) is 6.04 Å². The number of hydrogen-bond acceptors (Lipinski definition) is 4. The lowest BCUT2D eigenvalue weighted by molar-refractivity contribution is 0.0894. The second-order valence-corrected chi connectivity index (χ2v) is 9.39. The predicted molar refractivity (Wildman–Crippen MR) is 118 cm³/mol. The maximum absolute atomic E-state index is 13.5. The summed E-state index contributed by atoms with van der Waals surface area (Å²) in [4.78, 5) is 31.6. The summed E-state index contributed by atoms with van der Waals surface area (Å²) < 4.78 is 14.9. The van der Waals surface area contributed by atoms with E-state index in [-0.39, 0.29) is 29.9 Å². The number of fused-ring (bicyclic) bond motifs is 1. The molecule has 1 fully saturated rings. The molecule has 4 rings (SSSR count). The van der Waals surface area contributed by atoms with E-state index in [4.69, 9.17) is 0 Å². The topological polar surface area (TPSA) is 64.0 Å². The number of nitrogens with zero attached hydrogens (tertiary/aromatic N) is 2. The molecule has 0 saturated heterocycles. The first-order chi connectivity index (χ1) is 14.3. The first-order valence-electron chi connectivity index (χ1n) is 10.4. The largest absolute Gasteiger partial charge is 0.348 e. The molecule has 1 aliphatic rings. The number of nitrogens with one attached hydrogen (secondary N) is 1. The summed E-state index contributed by atoms with van der Waals surface area (Å²) in [6.07, 6.45) is 4.77. The van der Waals surface area contributed by atoms with E-state index in [0.717, 1.165) is 12.8 Å². The molecule has 0 radical (unpaired) electrons. The van der Waals surface area contributed by atoms with Crippen LogP contribution in [0.15, 0.2) is 35.4 Å². The number of hydrogen-bond donors (Lipinski definition) is 1. The third kappa shape index (κ3) is 3.90. The first kappa shape index (κ1) is 20.7. The van der Waals surface area contributed by atoms with E-state index in [2.05, 4.69) is 24.1 Å². The fourth-order valence-corrected chi connectivity index (χ4v) is 5.38. The highest BCUT2D eigenvalue weighted by Crippen LogP contribution is 2.31. The molecular formula is C23H26FN3O2S. The summed E-state index contributed by atoms with van der Waals surface area (Å²) in [7, 11) is 0. The van der Waals surface area contributed by atoms with Crippen LogP contribution < -0.4 is 10.9 Å². The number of benzene rings is 1. The second-order valence-electron chi connectivity index (χ2n) is 8.39. The van der Waals surface area contributed by atoms with E-state index in [1.54, 1.807) is 19.1 Å². The monoisotopic (exact) mass is 427 g/mol. The molecule has 30 heavy (non-hydrogen) atoms. The van der Waals surface area contributed by atoms with Gasteiger partial charge >= 0.3 is 0 Å². The SMILES string of the molecule is Cc1c(C(=O)NC2CCCC(C)C2C)sc2ncn(Cc3cccc(F)c3)c(=O)c12. The average molecular weight is 428 g/mol. The van der Waals surface area contributed by atoms with Crippen molar-refractivity contribution in [1.29, 1.82) is 0 Å². The van der Waals surface area contributed by atoms with Crippen LogP contribution in [0.2, 0.25) is 0 Å². The molecule has 1 N–H and O–H groups in total. The molecule has 2 aromatic heterocycles. The van der Waals surface area contributed by atoms with Gasteiger partial charge < -0.3 is 5.32 Å². The number of rotatable bonds is 4. The average Bonchev–Trinajstić information content (AvgIpc) is 3.05. The van der Waals surface area contributed by atoms with Gasteiger partial charge in [-0.15, -0.1) is 11.3 Å². The summed E-state index contributed by atoms with van der Waals surface area (Å²) in [6.45, 7) is 6.46. The predicted octanol–water partition coefficient (Wildman–Crippen LogP) is 4.51. The van der Waals surface area contributed by atoms with E-state index in [1.807, 2.05) is 0 Å². The van der Waals surface area contributed by atoms with E-state index >= 15 is 0 Å². The maximum Gasteiger partial charge on any atom is 0.262 e. The molecule has 7 heteroatoms. The number of amides is 1. The molecule has 0 bridgehead atoms. The lowest BCUT2D eigenvalue weighted by Gasteiger charge is -2.34. The van der Waals surface area contributed by atoms with Gasteiger partial charge in [0.2, 0.25) is 0 Å². The zero-order chi connectivity index (χ0) is 21.4. The smallest absolute Gasteiger partial charge is 0.262 e. The van der Waals surface area contributed by atoms with Gasteiger partial charge in [-0.2, -0.15) is 0 Å². The van der Waals surface area contributed by atoms with Crippen LogP contribution >= 0.6 is 11.3 Å². The second kappa shape index (κ2) is 8.30. The van der Waals surface area contributed by atoms with Gasteiger partial charge in [0.25, 0.3) is 11.5 Å². The third-order valence-electron chi connectivity index (χ3n) is 6.39. The van der Waals surface area contributed by atoms with Crippen LogP contribution in [-0.4, -0.2) is 21.5 Å². The van der Waals surface area contributed by atoms with Crippen molar-refractivity contribution in [1.82, 2.24) is 14.9 Å². The van der Waals surface area contributed by atoms with Gasteiger partial charge in [-0.1, -0.05) is 38.8 Å². The minimum absolute atomic E-state index is 0.127. The summed E-state index contributed by atoms with van der Waals surface area (Å²) >= 11 is 1.26. The number of aromatic nitrogens is 2. The van der Waals surface area contributed by atoms with Crippen LogP contribution in [0.3, 0.4) is 0 Å². The zero-order valence-corrected chi connectivity index (χ0v) is 18.3. The summed E-state index contributed by atoms with van der Waals surface area (Å²) in [5, 5.41) is 3.66. The highest BCUT2D eigenvalue weighted by atomic mass is 32.1. The zero-order valence-electron chi connectivity index (χ0n) is 17.4. The van der Waals surface area contributed by atoms with Crippen LogP contribution in [0.1, 0.15) is 53.9 Å². The Morgan fingerprint density at radius 1 is 1.33 bits per heavy atom. The summed E-state index contributed by atoms with van der Waals surface area (Å²) in [5.41, 5.74) is 1.14. The van der Waals surface area contributed by atoms with Crippen molar-refractivity contribution in [2.75, 3.05) is 0 Å². The van der Waals surface area contributed by atoms with Crippen LogP contribution in [0.5, 0.6) is 0 Å². The Hall–Kier alpha value is -2.54. The van der Waals surface area contributed by atoms with Gasteiger partial charge in [-0.3, -0.25) is 14.2 Å². The van der Waals surface area contributed by atoms with Crippen molar-refractivity contribution < 1.29 is 9.18 Å². The minimum atomic E-state index is -0.341. The normalized spacial score (nSPS) is 21.7. The molecule has 3 atom stereocenters. The molecule has 5 nitrogen and oxygen atoms in total. The number of carbonyl (C=O) groups excluding carboxylic acids is 1. The fourth-order valence-electron chi connectivity index (χ4n) is 4.34. The van der Waals surface area contributed by atoms with E-state index in [0.29, 0.717) is 38.1 Å². The van der Waals surface area contributed by atoms with Crippen molar-refractivity contribution in [3.8, 4) is 0 Å². The van der Waals surface area contributed by atoms with Gasteiger partial charge in [0.1, 0.15) is 10.6 Å². The quantitative estimate of drug-likeness (QED) is 0.666. The van der Waals surface area contributed by atoms with Gasteiger partial charge in [-0.25, -0.2) is 9.37 Å². The number of thiophene rings is 1. The molecule has 0 aliphatic heterocycles. The highest BCUT2D eigenvalue weighted by molar-refractivity contribution is 7.20. The van der Waals surface area contributed by atoms with Gasteiger partial charge in [-0.05, 0) is 48.4 Å². The Balaban J connectivity index is 1.63. The summed E-state index contributed by atoms with van der Waals surface area (Å²) in [5.74, 6) is 0.548. The Morgan fingerprint density at radius 2 is 2.13 bits per heavy atom. The van der Waals surface area contributed by atoms with Gasteiger partial charge in [0.05, 0.1) is 23.1 Å². The third-order valence-corrected chi connectivity index (χ3v) is 7.59. The molecular weight excluding hydrogens is 401 g/mol. The minimum Gasteiger partial charge on any atom is -0.348 e. The first-order valence-corrected chi connectivity index (χ1v) is 11.2. The van der Waals surface area contributed by atoms with Crippen molar-refractivity contribution >= 4 is 27.5 Å². The Kier molecular flexibility index (Phi) is 5.73. The van der Waals surface area contributed by atoms with Crippen molar-refractivity contribution in [2.45, 2.75) is 52.6 Å². The van der Waals surface area contributed by atoms with Crippen molar-refractivity contribution in [3.05, 3.63) is 62.8 Å². The number of carbonyl (C=O) groups is 1. The fraction of sp³-hybridized carbons (Fsp3) is 0.435. The standard InChI is InChI=1S/C23H26FN3O2S/c1-13-6-4-9-18(14(13)2)26-21(28)20-15(3)19-22(30-20)25-12-27(23(19)29)11-16-7-5-8-17(24)10-16/h5,7-8,10,12-14,18H,4,6,9,11H2,1-3H3,(H,26,28). The molecule has 0 spiro atoms. The van der Waals surface area contributed by atoms with E-state index in [9.17, 15) is 14.0 Å². The molecule has 1 aromatic carbocycles. The Bertz CT molecular complexity index is 1150. The highest BCUT2D eigenvalue weighted by Gasteiger charge is 2.29. The molecule has 1 amide bonds. The van der Waals surface area contributed by atoms with Crippen LogP contribution in [0.25, 0.3) is 10.2 Å². The van der Waals surface area contributed by atoms with E-state index in [1.165, 1.54) is 40.8 Å². The lowest BCUT2D eigenvalue weighted by atomic mass is 9.78. The van der Waals surface area contributed by atoms with E-state index < -0.39 is 0 Å². The van der Waals surface area contributed by atoms with Crippen molar-refractivity contribution in [3.63, 3.8) is 0 Å².